The Bertz CT molecular complexity index is 758. The van der Waals surface area contributed by atoms with Crippen molar-refractivity contribution in [2.24, 2.45) is 17.0 Å². The second-order valence-corrected chi connectivity index (χ2v) is 6.15. The Labute approximate surface area is 143 Å². The zero-order chi connectivity index (χ0) is 18.8. The van der Waals surface area contributed by atoms with Crippen molar-refractivity contribution in [3.63, 3.8) is 0 Å². The molecule has 1 aliphatic rings. The molecule has 0 aliphatic carbocycles. The fourth-order valence-electron chi connectivity index (χ4n) is 2.53. The zero-order valence-electron chi connectivity index (χ0n) is 14.1. The maximum absolute atomic E-state index is 12.0. The summed E-state index contributed by atoms with van der Waals surface area (Å²) in [7, 11) is 0. The van der Waals surface area contributed by atoms with Crippen LogP contribution in [0.3, 0.4) is 0 Å². The van der Waals surface area contributed by atoms with Gasteiger partial charge in [0.2, 0.25) is 5.72 Å². The second-order valence-electron chi connectivity index (χ2n) is 6.15. The first kappa shape index (κ1) is 18.7. The van der Waals surface area contributed by atoms with Crippen LogP contribution >= 0.6 is 0 Å². The van der Waals surface area contributed by atoms with E-state index >= 15 is 0 Å². The number of carbonyl (C=O) groups is 1. The summed E-state index contributed by atoms with van der Waals surface area (Å²) >= 11 is 0. The molecule has 1 aliphatic heterocycles. The van der Waals surface area contributed by atoms with Crippen LogP contribution in [0, 0.1) is 11.8 Å². The van der Waals surface area contributed by atoms with Gasteiger partial charge < -0.3 is 20.3 Å². The van der Waals surface area contributed by atoms with E-state index < -0.39 is 48.2 Å². The SMILES string of the molecule is CC(C)C(=O)OC[C@@]1(N=[N+]=[N-])O[C@@H](n2ccc(N)nc2=O)[C@@H](C)[C@@H]1O. The molecule has 1 aromatic heterocycles. The number of aliphatic hydroxyl groups is 1. The lowest BCUT2D eigenvalue weighted by Crippen LogP contribution is -2.44. The van der Waals surface area contributed by atoms with Crippen molar-refractivity contribution in [1.82, 2.24) is 9.55 Å². The van der Waals surface area contributed by atoms with Crippen molar-refractivity contribution in [3.8, 4) is 0 Å². The summed E-state index contributed by atoms with van der Waals surface area (Å²) in [5.41, 5.74) is 11.8. The second kappa shape index (κ2) is 7.09. The van der Waals surface area contributed by atoms with Crippen LogP contribution in [-0.2, 0) is 14.3 Å². The molecule has 1 fully saturated rings. The monoisotopic (exact) mass is 352 g/mol. The fraction of sp³-hybridized carbons (Fsp3) is 0.643. The Morgan fingerprint density at radius 2 is 2.36 bits per heavy atom. The number of nitrogen functional groups attached to an aromatic ring is 1. The summed E-state index contributed by atoms with van der Waals surface area (Å²) in [4.78, 5) is 30.0. The van der Waals surface area contributed by atoms with Crippen molar-refractivity contribution in [2.45, 2.75) is 38.8 Å². The summed E-state index contributed by atoms with van der Waals surface area (Å²) < 4.78 is 11.9. The average Bonchev–Trinajstić information content (AvgIpc) is 2.78. The highest BCUT2D eigenvalue weighted by atomic mass is 16.6. The van der Waals surface area contributed by atoms with Crippen LogP contribution in [0.1, 0.15) is 27.0 Å². The number of anilines is 1. The Hall–Kier alpha value is -2.62. The summed E-state index contributed by atoms with van der Waals surface area (Å²) in [5.74, 6) is -1.55. The molecule has 3 N–H and O–H groups in total. The van der Waals surface area contributed by atoms with E-state index in [-0.39, 0.29) is 5.82 Å². The van der Waals surface area contributed by atoms with Crippen molar-refractivity contribution in [3.05, 3.63) is 33.2 Å². The molecule has 11 nitrogen and oxygen atoms in total. The molecule has 2 heterocycles. The van der Waals surface area contributed by atoms with E-state index in [1.165, 1.54) is 12.3 Å². The van der Waals surface area contributed by atoms with Crippen LogP contribution in [0.5, 0.6) is 0 Å². The maximum atomic E-state index is 12.0. The molecule has 0 saturated carbocycles. The van der Waals surface area contributed by atoms with Gasteiger partial charge in [0.15, 0.2) is 0 Å². The molecule has 1 saturated heterocycles. The van der Waals surface area contributed by atoms with Crippen LogP contribution in [0.2, 0.25) is 0 Å². The number of aromatic nitrogens is 2. The van der Waals surface area contributed by atoms with E-state index in [0.29, 0.717) is 0 Å². The van der Waals surface area contributed by atoms with E-state index in [4.69, 9.17) is 20.7 Å². The van der Waals surface area contributed by atoms with Gasteiger partial charge in [0.25, 0.3) is 0 Å². The topological polar surface area (TPSA) is 165 Å². The summed E-state index contributed by atoms with van der Waals surface area (Å²) in [6.07, 6.45) is -0.915. The van der Waals surface area contributed by atoms with Gasteiger partial charge in [-0.05, 0) is 11.6 Å². The van der Waals surface area contributed by atoms with Crippen LogP contribution in [0.15, 0.2) is 22.2 Å². The number of nitrogens with zero attached hydrogens (tertiary/aromatic N) is 5. The molecule has 25 heavy (non-hydrogen) atoms. The van der Waals surface area contributed by atoms with Gasteiger partial charge in [0.1, 0.15) is 18.7 Å². The average molecular weight is 352 g/mol. The number of hydrogen-bond acceptors (Lipinski definition) is 8. The molecule has 2 rings (SSSR count). The number of carbonyl (C=O) groups excluding carboxylic acids is 1. The van der Waals surface area contributed by atoms with Crippen molar-refractivity contribution in [2.75, 3.05) is 12.3 Å². The van der Waals surface area contributed by atoms with Crippen LogP contribution in [-0.4, -0.2) is 39.1 Å². The molecule has 0 amide bonds. The van der Waals surface area contributed by atoms with E-state index in [0.717, 1.165) is 4.57 Å². The third kappa shape index (κ3) is 3.58. The van der Waals surface area contributed by atoms with Crippen molar-refractivity contribution < 1.29 is 19.4 Å². The van der Waals surface area contributed by atoms with Crippen molar-refractivity contribution in [1.29, 1.82) is 0 Å². The van der Waals surface area contributed by atoms with Gasteiger partial charge in [-0.25, -0.2) is 4.79 Å². The van der Waals surface area contributed by atoms with Gasteiger partial charge in [0.05, 0.1) is 12.0 Å². The molecule has 0 bridgehead atoms. The van der Waals surface area contributed by atoms with Gasteiger partial charge >= 0.3 is 11.7 Å². The van der Waals surface area contributed by atoms with Crippen molar-refractivity contribution >= 4 is 11.8 Å². The molecule has 0 unspecified atom stereocenters. The predicted molar refractivity (Wildman–Crippen MR) is 85.9 cm³/mol. The minimum Gasteiger partial charge on any atom is -0.462 e. The normalized spacial score (nSPS) is 28.6. The lowest BCUT2D eigenvalue weighted by molar-refractivity contribution is -0.168. The maximum Gasteiger partial charge on any atom is 0.351 e. The third-order valence-electron chi connectivity index (χ3n) is 3.97. The summed E-state index contributed by atoms with van der Waals surface area (Å²) in [6.45, 7) is 4.41. The number of rotatable bonds is 5. The van der Waals surface area contributed by atoms with Gasteiger partial charge in [-0.2, -0.15) is 4.98 Å². The van der Waals surface area contributed by atoms with Gasteiger partial charge in [0, 0.05) is 17.0 Å². The summed E-state index contributed by atoms with van der Waals surface area (Å²) in [6, 6.07) is 1.40. The van der Waals surface area contributed by atoms with Crippen LogP contribution in [0.25, 0.3) is 10.4 Å². The molecule has 0 radical (unpaired) electrons. The van der Waals surface area contributed by atoms with Crippen LogP contribution in [0.4, 0.5) is 5.82 Å². The van der Waals surface area contributed by atoms with E-state index in [2.05, 4.69) is 15.0 Å². The Kier molecular flexibility index (Phi) is 5.31. The molecular weight excluding hydrogens is 332 g/mol. The molecule has 0 spiro atoms. The highest BCUT2D eigenvalue weighted by molar-refractivity contribution is 5.71. The number of esters is 1. The lowest BCUT2D eigenvalue weighted by Gasteiger charge is -2.26. The number of nitrogens with two attached hydrogens (primary N) is 1. The minimum absolute atomic E-state index is 0.0413. The van der Waals surface area contributed by atoms with E-state index in [9.17, 15) is 14.7 Å². The third-order valence-corrected chi connectivity index (χ3v) is 3.97. The van der Waals surface area contributed by atoms with E-state index in [1.807, 2.05) is 0 Å². The molecular formula is C14H20N6O5. The van der Waals surface area contributed by atoms with Crippen LogP contribution < -0.4 is 11.4 Å². The fourth-order valence-corrected chi connectivity index (χ4v) is 2.53. The van der Waals surface area contributed by atoms with Gasteiger partial charge in [-0.1, -0.05) is 25.9 Å². The molecule has 0 aromatic carbocycles. The molecule has 136 valence electrons. The van der Waals surface area contributed by atoms with Gasteiger partial charge in [-0.15, -0.1) is 0 Å². The first-order valence-electron chi connectivity index (χ1n) is 7.65. The van der Waals surface area contributed by atoms with E-state index in [1.54, 1.807) is 20.8 Å². The molecule has 11 heteroatoms. The highest BCUT2D eigenvalue weighted by Gasteiger charge is 2.54. The Morgan fingerprint density at radius 1 is 1.68 bits per heavy atom. The zero-order valence-corrected chi connectivity index (χ0v) is 14.1. The first-order valence-corrected chi connectivity index (χ1v) is 7.65. The number of aliphatic hydroxyl groups excluding tert-OH is 1. The number of hydrogen-bond donors (Lipinski definition) is 2. The standard InChI is InChI=1S/C14H20N6O5/c1-7(2)12(22)24-6-14(18-19-16)10(21)8(3)11(25-14)20-5-4-9(15)17-13(20)23/h4-5,7-8,10-11,21H,6H2,1-3H3,(H2,15,17,23)/t8-,10-,11+,14+/m0/s1. The lowest BCUT2D eigenvalue weighted by atomic mass is 9.98. The number of azide groups is 1. The predicted octanol–water partition coefficient (Wildman–Crippen LogP) is 0.557. The molecule has 4 atom stereocenters. The van der Waals surface area contributed by atoms with Gasteiger partial charge in [-0.3, -0.25) is 9.36 Å². The number of ether oxygens (including phenoxy) is 2. The molecule has 1 aromatic rings. The minimum atomic E-state index is -1.84. The Balaban J connectivity index is 2.34. The Morgan fingerprint density at radius 3 is 2.92 bits per heavy atom. The smallest absolute Gasteiger partial charge is 0.351 e. The first-order chi connectivity index (χ1) is 11.7. The largest absolute Gasteiger partial charge is 0.462 e. The highest BCUT2D eigenvalue weighted by Crippen LogP contribution is 2.42. The quantitative estimate of drug-likeness (QED) is 0.338. The summed E-state index contributed by atoms with van der Waals surface area (Å²) in [5, 5.41) is 14.0.